The van der Waals surface area contributed by atoms with Gasteiger partial charge in [0.05, 0.1) is 7.11 Å². The average molecular weight is 223 g/mol. The molecule has 0 N–H and O–H groups in total. The summed E-state index contributed by atoms with van der Waals surface area (Å²) in [4.78, 5) is 21.8. The van der Waals surface area contributed by atoms with Crippen LogP contribution in [-0.2, 0) is 4.74 Å². The quantitative estimate of drug-likeness (QED) is 0.525. The third kappa shape index (κ3) is 1.85. The number of nitrogens with zero attached hydrogens (tertiary/aromatic N) is 5. The topological polar surface area (TPSA) is 82.8 Å². The highest BCUT2D eigenvalue weighted by Gasteiger charge is 2.12. The average Bonchev–Trinajstić information content (AvgIpc) is 2.77. The van der Waals surface area contributed by atoms with E-state index >= 15 is 0 Å². The minimum atomic E-state index is -0.694. The molecular formula is C8H6FN5O2. The Labute approximate surface area is 88.9 Å². The molecule has 0 fully saturated rings. The van der Waals surface area contributed by atoms with Crippen LogP contribution in [0.15, 0.2) is 18.7 Å². The van der Waals surface area contributed by atoms with E-state index < -0.39 is 11.9 Å². The van der Waals surface area contributed by atoms with Gasteiger partial charge < -0.3 is 4.74 Å². The molecule has 0 amide bonds. The van der Waals surface area contributed by atoms with Crippen LogP contribution in [0, 0.1) is 5.95 Å². The number of rotatable bonds is 2. The number of carbonyl (C=O) groups excluding carboxylic acids is 1. The summed E-state index contributed by atoms with van der Waals surface area (Å²) in [5.74, 6) is -1.31. The lowest BCUT2D eigenvalue weighted by Crippen LogP contribution is -2.06. The molecule has 0 aliphatic rings. The van der Waals surface area contributed by atoms with Crippen molar-refractivity contribution in [2.75, 3.05) is 7.11 Å². The molecule has 82 valence electrons. The smallest absolute Gasteiger partial charge is 0.377 e. The number of carbonyl (C=O) groups is 1. The number of hydrogen-bond donors (Lipinski definition) is 0. The number of esters is 1. The van der Waals surface area contributed by atoms with Crippen molar-refractivity contribution in [1.29, 1.82) is 0 Å². The second-order valence-corrected chi connectivity index (χ2v) is 2.70. The van der Waals surface area contributed by atoms with Gasteiger partial charge in [0, 0.05) is 6.07 Å². The zero-order valence-electron chi connectivity index (χ0n) is 8.16. The van der Waals surface area contributed by atoms with Crippen molar-refractivity contribution >= 4 is 5.97 Å². The Morgan fingerprint density at radius 1 is 1.44 bits per heavy atom. The van der Waals surface area contributed by atoms with Gasteiger partial charge in [-0.2, -0.15) is 4.39 Å². The molecule has 0 atom stereocenters. The van der Waals surface area contributed by atoms with Gasteiger partial charge in [-0.15, -0.1) is 5.10 Å². The molecular weight excluding hydrogens is 217 g/mol. The number of aromatic nitrogens is 5. The molecule has 16 heavy (non-hydrogen) atoms. The highest BCUT2D eigenvalue weighted by atomic mass is 19.1. The van der Waals surface area contributed by atoms with E-state index in [-0.39, 0.29) is 11.6 Å². The number of ether oxygens (including phenoxy) is 1. The van der Waals surface area contributed by atoms with Crippen LogP contribution in [0.3, 0.4) is 0 Å². The molecule has 0 unspecified atom stereocenters. The van der Waals surface area contributed by atoms with Crippen LogP contribution in [0.4, 0.5) is 4.39 Å². The second kappa shape index (κ2) is 4.01. The third-order valence-corrected chi connectivity index (χ3v) is 1.71. The zero-order valence-corrected chi connectivity index (χ0v) is 8.16. The summed E-state index contributed by atoms with van der Waals surface area (Å²) < 4.78 is 18.4. The largest absolute Gasteiger partial charge is 0.463 e. The van der Waals surface area contributed by atoms with Crippen LogP contribution in [0.25, 0.3) is 5.82 Å². The standard InChI is InChI=1S/C8H6FN5O2/c1-16-8(15)7-12-4-14(13-7)6-2-5(9)10-3-11-6/h2-4H,1H3. The molecule has 0 aliphatic heterocycles. The molecule has 2 heterocycles. The molecule has 0 saturated heterocycles. The van der Waals surface area contributed by atoms with Crippen molar-refractivity contribution < 1.29 is 13.9 Å². The first-order valence-corrected chi connectivity index (χ1v) is 4.18. The monoisotopic (exact) mass is 223 g/mol. The molecule has 0 saturated carbocycles. The van der Waals surface area contributed by atoms with E-state index in [9.17, 15) is 9.18 Å². The van der Waals surface area contributed by atoms with Gasteiger partial charge in [-0.25, -0.2) is 24.4 Å². The fourth-order valence-corrected chi connectivity index (χ4v) is 1.01. The summed E-state index contributed by atoms with van der Waals surface area (Å²) in [6.45, 7) is 0. The number of halogens is 1. The Morgan fingerprint density at radius 2 is 2.25 bits per heavy atom. The van der Waals surface area contributed by atoms with Crippen LogP contribution in [0.2, 0.25) is 0 Å². The van der Waals surface area contributed by atoms with Gasteiger partial charge in [-0.1, -0.05) is 0 Å². The fourth-order valence-electron chi connectivity index (χ4n) is 1.01. The molecule has 2 rings (SSSR count). The van der Waals surface area contributed by atoms with E-state index in [1.54, 1.807) is 0 Å². The van der Waals surface area contributed by atoms with E-state index in [0.717, 1.165) is 17.1 Å². The first-order chi connectivity index (χ1) is 7.70. The molecule has 0 aromatic carbocycles. The Balaban J connectivity index is 2.35. The van der Waals surface area contributed by atoms with Crippen LogP contribution in [0.1, 0.15) is 10.6 Å². The van der Waals surface area contributed by atoms with Gasteiger partial charge in [-0.05, 0) is 0 Å². The normalized spacial score (nSPS) is 10.1. The van der Waals surface area contributed by atoms with Crippen molar-refractivity contribution in [2.45, 2.75) is 0 Å². The minimum absolute atomic E-state index is 0.124. The lowest BCUT2D eigenvalue weighted by atomic mass is 10.6. The van der Waals surface area contributed by atoms with Crippen LogP contribution >= 0.6 is 0 Å². The second-order valence-electron chi connectivity index (χ2n) is 2.70. The van der Waals surface area contributed by atoms with E-state index in [4.69, 9.17) is 0 Å². The van der Waals surface area contributed by atoms with E-state index in [1.807, 2.05) is 0 Å². The van der Waals surface area contributed by atoms with Crippen LogP contribution in [-0.4, -0.2) is 37.8 Å². The fraction of sp³-hybridized carbons (Fsp3) is 0.125. The molecule has 0 aliphatic carbocycles. The summed E-state index contributed by atoms with van der Waals surface area (Å²) in [7, 11) is 1.22. The van der Waals surface area contributed by atoms with Gasteiger partial charge in [0.25, 0.3) is 5.82 Å². The zero-order chi connectivity index (χ0) is 11.5. The molecule has 2 aromatic heterocycles. The summed E-state index contributed by atoms with van der Waals surface area (Å²) in [5, 5.41) is 3.77. The number of hydrogen-bond acceptors (Lipinski definition) is 6. The maximum absolute atomic E-state index is 12.8. The molecule has 0 bridgehead atoms. The summed E-state index contributed by atoms with van der Waals surface area (Å²) in [6.07, 6.45) is 2.28. The van der Waals surface area contributed by atoms with Gasteiger partial charge in [0.1, 0.15) is 12.7 Å². The highest BCUT2D eigenvalue weighted by Crippen LogP contribution is 2.03. The Bertz CT molecular complexity index is 527. The lowest BCUT2D eigenvalue weighted by molar-refractivity contribution is 0.0587. The predicted octanol–water partition coefficient (Wildman–Crippen LogP) is -0.0170. The molecule has 7 nitrogen and oxygen atoms in total. The van der Waals surface area contributed by atoms with E-state index in [1.165, 1.54) is 13.4 Å². The first-order valence-electron chi connectivity index (χ1n) is 4.18. The van der Waals surface area contributed by atoms with Gasteiger partial charge in [0.2, 0.25) is 5.95 Å². The number of methoxy groups -OCH3 is 1. The highest BCUT2D eigenvalue weighted by molar-refractivity contribution is 5.84. The molecule has 2 aromatic rings. The molecule has 8 heteroatoms. The van der Waals surface area contributed by atoms with Crippen molar-refractivity contribution in [3.05, 3.63) is 30.5 Å². The summed E-state index contributed by atoms with van der Waals surface area (Å²) >= 11 is 0. The maximum Gasteiger partial charge on any atom is 0.377 e. The summed E-state index contributed by atoms with van der Waals surface area (Å²) in [5.41, 5.74) is 0. The van der Waals surface area contributed by atoms with E-state index in [2.05, 4.69) is 24.8 Å². The Kier molecular flexibility index (Phi) is 2.54. The van der Waals surface area contributed by atoms with Crippen molar-refractivity contribution in [1.82, 2.24) is 24.7 Å². The van der Waals surface area contributed by atoms with Crippen LogP contribution in [0.5, 0.6) is 0 Å². The lowest BCUT2D eigenvalue weighted by Gasteiger charge is -1.97. The van der Waals surface area contributed by atoms with Gasteiger partial charge in [0.15, 0.2) is 5.82 Å². The van der Waals surface area contributed by atoms with Gasteiger partial charge in [-0.3, -0.25) is 0 Å². The SMILES string of the molecule is COC(=O)c1ncn(-c2cc(F)ncn2)n1. The van der Waals surface area contributed by atoms with E-state index in [0.29, 0.717) is 0 Å². The van der Waals surface area contributed by atoms with Crippen molar-refractivity contribution in [2.24, 2.45) is 0 Å². The van der Waals surface area contributed by atoms with Crippen LogP contribution < -0.4 is 0 Å². The Hall–Kier alpha value is -2.38. The minimum Gasteiger partial charge on any atom is -0.463 e. The van der Waals surface area contributed by atoms with Crippen molar-refractivity contribution in [3.8, 4) is 5.82 Å². The first kappa shape index (κ1) is 10.1. The molecule has 0 spiro atoms. The Morgan fingerprint density at radius 3 is 2.94 bits per heavy atom. The molecule has 0 radical (unpaired) electrons. The maximum atomic E-state index is 12.8. The van der Waals surface area contributed by atoms with Gasteiger partial charge >= 0.3 is 5.97 Å². The third-order valence-electron chi connectivity index (χ3n) is 1.71. The predicted molar refractivity (Wildman–Crippen MR) is 48.2 cm³/mol. The summed E-state index contributed by atoms with van der Waals surface area (Å²) in [6, 6.07) is 1.07. The van der Waals surface area contributed by atoms with Crippen molar-refractivity contribution in [3.63, 3.8) is 0 Å².